The molecule has 11 nitrogen and oxygen atoms in total. The number of carbonyl (C=O) groups excluding carboxylic acids is 2. The maximum absolute atomic E-state index is 12.0. The topological polar surface area (TPSA) is 159 Å². The lowest BCUT2D eigenvalue weighted by molar-refractivity contribution is -0.145. The second-order valence-corrected chi connectivity index (χ2v) is 7.43. The van der Waals surface area contributed by atoms with Crippen molar-refractivity contribution >= 4 is 34.2 Å². The molecular formula is C19H25N7O4. The Morgan fingerprint density at radius 2 is 2.10 bits per heavy atom. The molecule has 0 bridgehead atoms. The summed E-state index contributed by atoms with van der Waals surface area (Å²) in [7, 11) is 0. The molecule has 2 aromatic rings. The van der Waals surface area contributed by atoms with E-state index in [2.05, 4.69) is 20.9 Å². The molecule has 1 fully saturated rings. The fourth-order valence-electron chi connectivity index (χ4n) is 3.79. The third-order valence-electron chi connectivity index (χ3n) is 5.40. The molecule has 0 spiro atoms. The van der Waals surface area contributed by atoms with Crippen molar-refractivity contribution < 1.29 is 19.2 Å². The van der Waals surface area contributed by atoms with Crippen molar-refractivity contribution in [2.45, 2.75) is 44.4 Å². The molecule has 2 aliphatic rings. The zero-order valence-corrected chi connectivity index (χ0v) is 16.7. The molecule has 0 aromatic carbocycles. The van der Waals surface area contributed by atoms with Gasteiger partial charge in [-0.2, -0.15) is 5.10 Å². The summed E-state index contributed by atoms with van der Waals surface area (Å²) >= 11 is 0. The molecule has 4 rings (SSSR count). The number of carbonyl (C=O) groups is 2. The Labute approximate surface area is 172 Å². The molecule has 160 valence electrons. The number of nitrogens with zero attached hydrogens (tertiary/aromatic N) is 3. The molecule has 0 aliphatic carbocycles. The molecule has 0 saturated carbocycles. The van der Waals surface area contributed by atoms with E-state index in [4.69, 9.17) is 21.0 Å². The minimum absolute atomic E-state index is 0.211. The molecule has 11 heteroatoms. The summed E-state index contributed by atoms with van der Waals surface area (Å²) in [6, 6.07) is 0.211. The van der Waals surface area contributed by atoms with Gasteiger partial charge in [-0.15, -0.1) is 0 Å². The molecule has 30 heavy (non-hydrogen) atoms. The highest BCUT2D eigenvalue weighted by Crippen LogP contribution is 2.36. The largest absolute Gasteiger partial charge is 0.381 e. The Balaban J connectivity index is 1.79. The number of primary amides is 2. The molecule has 6 N–H and O–H groups in total. The number of hydrogen-bond acceptors (Lipinski definition) is 8. The van der Waals surface area contributed by atoms with Crippen LogP contribution < -0.4 is 22.3 Å². The molecule has 2 amide bonds. The highest BCUT2D eigenvalue weighted by atomic mass is 16.7. The number of ether oxygens (including phenoxy) is 1. The Bertz CT molecular complexity index is 1010. The first-order valence-electron chi connectivity index (χ1n) is 9.88. The van der Waals surface area contributed by atoms with Gasteiger partial charge in [-0.1, -0.05) is 0 Å². The highest BCUT2D eigenvalue weighted by molar-refractivity contribution is 5.98. The van der Waals surface area contributed by atoms with Crippen LogP contribution in [0.4, 0.5) is 5.69 Å². The summed E-state index contributed by atoms with van der Waals surface area (Å²) in [6.07, 6.45) is 6.29. The van der Waals surface area contributed by atoms with Crippen LogP contribution in [0.2, 0.25) is 0 Å². The summed E-state index contributed by atoms with van der Waals surface area (Å²) in [4.78, 5) is 33.5. The number of anilines is 1. The molecule has 1 atom stereocenters. The Morgan fingerprint density at radius 1 is 1.33 bits per heavy atom. The molecule has 1 unspecified atom stereocenters. The number of hydroxylamine groups is 1. The van der Waals surface area contributed by atoms with Crippen LogP contribution in [0, 0.1) is 0 Å². The van der Waals surface area contributed by atoms with Crippen molar-refractivity contribution in [3.63, 3.8) is 0 Å². The molecular weight excluding hydrogens is 390 g/mol. The zero-order chi connectivity index (χ0) is 21.3. The van der Waals surface area contributed by atoms with Crippen LogP contribution in [0.25, 0.3) is 16.7 Å². The smallest absolute Gasteiger partial charge is 0.257 e. The van der Waals surface area contributed by atoms with Crippen molar-refractivity contribution in [2.75, 3.05) is 18.5 Å². The predicted octanol–water partition coefficient (Wildman–Crippen LogP) is 0.0173. The van der Waals surface area contributed by atoms with Crippen molar-refractivity contribution in [1.82, 2.24) is 20.2 Å². The van der Waals surface area contributed by atoms with E-state index < -0.39 is 17.4 Å². The van der Waals surface area contributed by atoms with Crippen LogP contribution in [0.15, 0.2) is 18.5 Å². The van der Waals surface area contributed by atoms with E-state index in [1.54, 1.807) is 12.4 Å². The standard InChI is InChI=1S/C19H25N7O4/c1-2-26-17-13(10-23-26)16(24-11-3-5-29-6-4-11)12(9-22-17)14-7-19(18(21)28,30-25-14)8-15(20)27/h7,9-11,25H,2-6,8H2,1H3,(H2,20,27)(H2,21,28)(H,22,24). The number of nitrogens with one attached hydrogen (secondary N) is 2. The van der Waals surface area contributed by atoms with Crippen LogP contribution in [0.3, 0.4) is 0 Å². The minimum Gasteiger partial charge on any atom is -0.381 e. The summed E-state index contributed by atoms with van der Waals surface area (Å²) < 4.78 is 7.27. The lowest BCUT2D eigenvalue weighted by Gasteiger charge is -2.25. The summed E-state index contributed by atoms with van der Waals surface area (Å²) in [5.41, 5.74) is 14.6. The van der Waals surface area contributed by atoms with Gasteiger partial charge in [0.2, 0.25) is 11.5 Å². The number of rotatable bonds is 7. The number of amides is 2. The summed E-state index contributed by atoms with van der Waals surface area (Å²) in [6.45, 7) is 4.04. The average Bonchev–Trinajstić information content (AvgIpc) is 3.33. The summed E-state index contributed by atoms with van der Waals surface area (Å²) in [5, 5.41) is 8.84. The Morgan fingerprint density at radius 3 is 2.77 bits per heavy atom. The summed E-state index contributed by atoms with van der Waals surface area (Å²) in [5.74, 6) is -1.51. The van der Waals surface area contributed by atoms with Crippen LogP contribution in [0.1, 0.15) is 31.7 Å². The van der Waals surface area contributed by atoms with Gasteiger partial charge in [0.05, 0.1) is 29.4 Å². The fraction of sp³-hybridized carbons (Fsp3) is 0.474. The number of aryl methyl sites for hydroxylation is 1. The molecule has 2 aliphatic heterocycles. The number of pyridine rings is 1. The van der Waals surface area contributed by atoms with Gasteiger partial charge in [0.1, 0.15) is 0 Å². The molecule has 4 heterocycles. The van der Waals surface area contributed by atoms with E-state index in [9.17, 15) is 9.59 Å². The van der Waals surface area contributed by atoms with E-state index in [1.807, 2.05) is 11.6 Å². The van der Waals surface area contributed by atoms with E-state index >= 15 is 0 Å². The normalized spacial score (nSPS) is 22.0. The number of aromatic nitrogens is 3. The number of hydrogen-bond donors (Lipinski definition) is 4. The number of fused-ring (bicyclic) bond motifs is 1. The SMILES string of the molecule is CCn1ncc2c(NC3CCOCC3)c(C3=CC(CC(N)=O)(C(N)=O)ON3)cnc21. The van der Waals surface area contributed by atoms with E-state index in [0.29, 0.717) is 31.0 Å². The monoisotopic (exact) mass is 415 g/mol. The van der Waals surface area contributed by atoms with E-state index in [1.165, 1.54) is 6.08 Å². The lowest BCUT2D eigenvalue weighted by Crippen LogP contribution is -2.46. The van der Waals surface area contributed by atoms with Gasteiger partial charge in [-0.3, -0.25) is 19.9 Å². The van der Waals surface area contributed by atoms with Gasteiger partial charge >= 0.3 is 0 Å². The maximum Gasteiger partial charge on any atom is 0.257 e. The first-order chi connectivity index (χ1) is 14.4. The zero-order valence-electron chi connectivity index (χ0n) is 16.7. The van der Waals surface area contributed by atoms with Crippen molar-refractivity contribution in [2.24, 2.45) is 11.5 Å². The van der Waals surface area contributed by atoms with Gasteiger partial charge in [0.25, 0.3) is 5.91 Å². The van der Waals surface area contributed by atoms with Gasteiger partial charge in [0.15, 0.2) is 5.65 Å². The third kappa shape index (κ3) is 3.57. The second kappa shape index (κ2) is 7.92. The lowest BCUT2D eigenvalue weighted by atomic mass is 9.96. The molecule has 0 radical (unpaired) electrons. The number of nitrogens with two attached hydrogens (primary N) is 2. The third-order valence-corrected chi connectivity index (χ3v) is 5.40. The van der Waals surface area contributed by atoms with E-state index in [-0.39, 0.29) is 12.5 Å². The molecule has 1 saturated heterocycles. The van der Waals surface area contributed by atoms with Gasteiger partial charge in [-0.05, 0) is 25.8 Å². The van der Waals surface area contributed by atoms with E-state index in [0.717, 1.165) is 29.6 Å². The van der Waals surface area contributed by atoms with Crippen LogP contribution in [-0.4, -0.2) is 51.4 Å². The Kier molecular flexibility index (Phi) is 5.31. The second-order valence-electron chi connectivity index (χ2n) is 7.43. The van der Waals surface area contributed by atoms with Crippen molar-refractivity contribution in [3.05, 3.63) is 24.0 Å². The quantitative estimate of drug-likeness (QED) is 0.492. The highest BCUT2D eigenvalue weighted by Gasteiger charge is 2.43. The minimum atomic E-state index is -1.65. The predicted molar refractivity (Wildman–Crippen MR) is 109 cm³/mol. The first-order valence-corrected chi connectivity index (χ1v) is 9.88. The Hall–Kier alpha value is -3.18. The molecule has 2 aromatic heterocycles. The average molecular weight is 415 g/mol. The van der Waals surface area contributed by atoms with Crippen molar-refractivity contribution in [3.8, 4) is 0 Å². The van der Waals surface area contributed by atoms with Gasteiger partial charge in [0, 0.05) is 37.6 Å². The van der Waals surface area contributed by atoms with Gasteiger partial charge < -0.3 is 21.5 Å². The van der Waals surface area contributed by atoms with Crippen LogP contribution in [0.5, 0.6) is 0 Å². The maximum atomic E-state index is 12.0. The first kappa shape index (κ1) is 20.1. The fourth-order valence-corrected chi connectivity index (χ4v) is 3.79. The van der Waals surface area contributed by atoms with Gasteiger partial charge in [-0.25, -0.2) is 9.67 Å². The van der Waals surface area contributed by atoms with Crippen molar-refractivity contribution in [1.29, 1.82) is 0 Å². The van der Waals surface area contributed by atoms with Crippen LogP contribution in [-0.2, 0) is 25.7 Å². The van der Waals surface area contributed by atoms with Crippen LogP contribution >= 0.6 is 0 Å².